The molecule has 1 aliphatic carbocycles. The molecule has 0 radical (unpaired) electrons. The zero-order chi connectivity index (χ0) is 19.6. The van der Waals surface area contributed by atoms with Crippen LogP contribution in [0.5, 0.6) is 0 Å². The van der Waals surface area contributed by atoms with Crippen LogP contribution in [0.1, 0.15) is 29.6 Å². The van der Waals surface area contributed by atoms with Crippen molar-refractivity contribution in [3.63, 3.8) is 0 Å². The number of ether oxygens (including phenoxy) is 1. The zero-order valence-corrected chi connectivity index (χ0v) is 16.0. The summed E-state index contributed by atoms with van der Waals surface area (Å²) < 4.78 is 5.73. The zero-order valence-electron chi connectivity index (χ0n) is 16.0. The van der Waals surface area contributed by atoms with Crippen molar-refractivity contribution in [2.24, 2.45) is 5.41 Å². The molecule has 1 amide bonds. The molecule has 0 aromatic heterocycles. The van der Waals surface area contributed by atoms with Gasteiger partial charge in [-0.25, -0.2) is 0 Å². The van der Waals surface area contributed by atoms with Crippen molar-refractivity contribution in [1.82, 2.24) is 4.90 Å². The predicted molar refractivity (Wildman–Crippen MR) is 107 cm³/mol. The van der Waals surface area contributed by atoms with Crippen molar-refractivity contribution < 1.29 is 19.7 Å². The van der Waals surface area contributed by atoms with Gasteiger partial charge in [-0.2, -0.15) is 0 Å². The van der Waals surface area contributed by atoms with E-state index >= 15 is 0 Å². The minimum Gasteiger partial charge on any atom is -0.394 e. The molecule has 1 spiro atoms. The van der Waals surface area contributed by atoms with E-state index in [4.69, 9.17) is 9.84 Å². The fourth-order valence-electron chi connectivity index (χ4n) is 4.65. The van der Waals surface area contributed by atoms with E-state index in [2.05, 4.69) is 0 Å². The highest BCUT2D eigenvalue weighted by Gasteiger charge is 2.56. The van der Waals surface area contributed by atoms with Gasteiger partial charge in [0.05, 0.1) is 25.4 Å². The van der Waals surface area contributed by atoms with Gasteiger partial charge in [0.1, 0.15) is 0 Å². The minimum atomic E-state index is -0.384. The lowest BCUT2D eigenvalue weighted by molar-refractivity contribution is -0.211. The Labute approximate surface area is 165 Å². The second-order valence-corrected chi connectivity index (χ2v) is 7.77. The van der Waals surface area contributed by atoms with Crippen LogP contribution in [0.2, 0.25) is 0 Å². The molecular formula is C23H27NO4. The van der Waals surface area contributed by atoms with Crippen LogP contribution in [0.15, 0.2) is 54.6 Å². The van der Waals surface area contributed by atoms with Crippen LogP contribution in [0.3, 0.4) is 0 Å². The van der Waals surface area contributed by atoms with Gasteiger partial charge in [-0.15, -0.1) is 0 Å². The number of carbonyl (C=O) groups excluding carboxylic acids is 1. The van der Waals surface area contributed by atoms with Crippen molar-refractivity contribution in [2.75, 3.05) is 26.3 Å². The average Bonchev–Trinajstić information content (AvgIpc) is 2.76. The number of hydrogen-bond donors (Lipinski definition) is 2. The van der Waals surface area contributed by atoms with E-state index in [0.717, 1.165) is 24.0 Å². The standard InChI is InChI=1S/C23H27NO4/c25-14-15-28-21-16-20(26)23(21)10-12-24(13-11-23)22(27)19-9-5-4-8-18(19)17-6-2-1-3-7-17/h1-9,20-21,25-26H,10-16H2/t20-,21+/m1/s1. The van der Waals surface area contributed by atoms with Gasteiger partial charge >= 0.3 is 0 Å². The van der Waals surface area contributed by atoms with Gasteiger partial charge in [-0.05, 0) is 30.0 Å². The van der Waals surface area contributed by atoms with Gasteiger partial charge in [0.25, 0.3) is 5.91 Å². The number of hydrogen-bond acceptors (Lipinski definition) is 4. The summed E-state index contributed by atoms with van der Waals surface area (Å²) in [6, 6.07) is 17.7. The highest BCUT2D eigenvalue weighted by molar-refractivity contribution is 6.00. The summed E-state index contributed by atoms with van der Waals surface area (Å²) in [7, 11) is 0. The summed E-state index contributed by atoms with van der Waals surface area (Å²) >= 11 is 0. The molecule has 28 heavy (non-hydrogen) atoms. The number of benzene rings is 2. The largest absolute Gasteiger partial charge is 0.394 e. The number of aliphatic hydroxyl groups is 2. The molecule has 5 nitrogen and oxygen atoms in total. The molecule has 0 unspecified atom stereocenters. The quantitative estimate of drug-likeness (QED) is 0.836. The predicted octanol–water partition coefficient (Wildman–Crippen LogP) is 2.72. The first-order valence-corrected chi connectivity index (χ1v) is 10.00. The lowest BCUT2D eigenvalue weighted by Crippen LogP contribution is -2.62. The first-order chi connectivity index (χ1) is 13.7. The molecule has 1 saturated carbocycles. The summed E-state index contributed by atoms with van der Waals surface area (Å²) in [4.78, 5) is 15.1. The average molecular weight is 381 g/mol. The van der Waals surface area contributed by atoms with Crippen LogP contribution >= 0.6 is 0 Å². The van der Waals surface area contributed by atoms with Gasteiger partial charge in [-0.3, -0.25) is 4.79 Å². The van der Waals surface area contributed by atoms with Gasteiger partial charge < -0.3 is 19.8 Å². The Balaban J connectivity index is 1.48. The fraction of sp³-hybridized carbons (Fsp3) is 0.435. The smallest absolute Gasteiger partial charge is 0.254 e. The Bertz CT molecular complexity index is 814. The summed E-state index contributed by atoms with van der Waals surface area (Å²) in [5, 5.41) is 19.4. The number of likely N-dealkylation sites (tertiary alicyclic amines) is 1. The maximum Gasteiger partial charge on any atom is 0.254 e. The SMILES string of the molecule is O=C(c1ccccc1-c1ccccc1)N1CCC2(CC1)[C@H](O)C[C@@H]2OCCO. The van der Waals surface area contributed by atoms with E-state index in [1.165, 1.54) is 0 Å². The minimum absolute atomic E-state index is 0.0104. The number of rotatable bonds is 5. The topological polar surface area (TPSA) is 70.0 Å². The number of piperidine rings is 1. The highest BCUT2D eigenvalue weighted by atomic mass is 16.5. The summed E-state index contributed by atoms with van der Waals surface area (Å²) in [5.41, 5.74) is 2.42. The lowest BCUT2D eigenvalue weighted by Gasteiger charge is -2.56. The molecule has 1 saturated heterocycles. The molecule has 2 N–H and O–H groups in total. The van der Waals surface area contributed by atoms with Crippen molar-refractivity contribution >= 4 is 5.91 Å². The van der Waals surface area contributed by atoms with Crippen LogP contribution in [0.25, 0.3) is 11.1 Å². The van der Waals surface area contributed by atoms with Crippen LogP contribution < -0.4 is 0 Å². The Morgan fingerprint density at radius 1 is 1.07 bits per heavy atom. The molecule has 1 heterocycles. The second-order valence-electron chi connectivity index (χ2n) is 7.77. The molecule has 2 aromatic carbocycles. The van der Waals surface area contributed by atoms with E-state index in [9.17, 15) is 9.90 Å². The second kappa shape index (κ2) is 8.03. The molecule has 2 fully saturated rings. The summed E-state index contributed by atoms with van der Waals surface area (Å²) in [6.45, 7) is 1.51. The van der Waals surface area contributed by atoms with Crippen molar-refractivity contribution in [2.45, 2.75) is 31.5 Å². The number of aliphatic hydroxyl groups excluding tert-OH is 2. The van der Waals surface area contributed by atoms with Gasteiger partial charge in [0.2, 0.25) is 0 Å². The summed E-state index contributed by atoms with van der Waals surface area (Å²) in [5.74, 6) is 0.0379. The van der Waals surface area contributed by atoms with Gasteiger partial charge in [0.15, 0.2) is 0 Å². The van der Waals surface area contributed by atoms with Crippen LogP contribution in [-0.2, 0) is 4.74 Å². The molecule has 2 atom stereocenters. The number of carbonyl (C=O) groups is 1. The van der Waals surface area contributed by atoms with E-state index in [0.29, 0.717) is 31.7 Å². The maximum absolute atomic E-state index is 13.2. The van der Waals surface area contributed by atoms with Crippen LogP contribution in [-0.4, -0.2) is 59.5 Å². The van der Waals surface area contributed by atoms with Crippen molar-refractivity contribution in [3.8, 4) is 11.1 Å². The van der Waals surface area contributed by atoms with E-state index in [-0.39, 0.29) is 30.1 Å². The van der Waals surface area contributed by atoms with E-state index < -0.39 is 0 Å². The molecule has 4 rings (SSSR count). The Morgan fingerprint density at radius 3 is 2.43 bits per heavy atom. The Kier molecular flexibility index (Phi) is 5.49. The Hall–Kier alpha value is -2.21. The molecule has 148 valence electrons. The normalized spacial score (nSPS) is 23.4. The molecule has 0 bridgehead atoms. The van der Waals surface area contributed by atoms with Crippen molar-refractivity contribution in [1.29, 1.82) is 0 Å². The lowest BCUT2D eigenvalue weighted by atomic mass is 9.58. The monoisotopic (exact) mass is 381 g/mol. The third kappa shape index (κ3) is 3.34. The van der Waals surface area contributed by atoms with Crippen LogP contribution in [0, 0.1) is 5.41 Å². The molecule has 2 aromatic rings. The third-order valence-corrected chi connectivity index (χ3v) is 6.38. The molecular weight excluding hydrogens is 354 g/mol. The third-order valence-electron chi connectivity index (χ3n) is 6.38. The van der Waals surface area contributed by atoms with Crippen LogP contribution in [0.4, 0.5) is 0 Å². The van der Waals surface area contributed by atoms with Gasteiger partial charge in [0, 0.05) is 30.5 Å². The Morgan fingerprint density at radius 2 is 1.75 bits per heavy atom. The fourth-order valence-corrected chi connectivity index (χ4v) is 4.65. The first-order valence-electron chi connectivity index (χ1n) is 10.00. The summed E-state index contributed by atoms with van der Waals surface area (Å²) in [6.07, 6.45) is 1.66. The maximum atomic E-state index is 13.2. The molecule has 2 aliphatic rings. The van der Waals surface area contributed by atoms with E-state index in [1.807, 2.05) is 59.5 Å². The molecule has 5 heteroatoms. The van der Waals surface area contributed by atoms with E-state index in [1.54, 1.807) is 0 Å². The number of nitrogens with zero attached hydrogens (tertiary/aromatic N) is 1. The van der Waals surface area contributed by atoms with Gasteiger partial charge in [-0.1, -0.05) is 48.5 Å². The highest BCUT2D eigenvalue weighted by Crippen LogP contribution is 2.51. The molecule has 1 aliphatic heterocycles. The number of amides is 1. The first kappa shape index (κ1) is 19.1. The van der Waals surface area contributed by atoms with Crippen molar-refractivity contribution in [3.05, 3.63) is 60.2 Å².